The van der Waals surface area contributed by atoms with Gasteiger partial charge in [-0.1, -0.05) is 43.5 Å². The molecule has 0 aliphatic heterocycles. The molecule has 4 rings (SSSR count). The Morgan fingerprint density at radius 1 is 1.05 bits per heavy atom. The minimum Gasteiger partial charge on any atom is -0.331 e. The first-order valence-corrected chi connectivity index (χ1v) is 8.06. The first kappa shape index (κ1) is 13.0. The molecule has 0 amide bonds. The summed E-state index contributed by atoms with van der Waals surface area (Å²) in [6, 6.07) is 8.39. The molecular weight excluding hydrogens is 280 g/mol. The molecule has 2 aliphatic carbocycles. The molecule has 0 saturated heterocycles. The SMILES string of the molecule is O=c1[nH]c(=S)[nH]c2c1C1(CCCCC1)Cc1ccccc1-2. The third kappa shape index (κ3) is 1.93. The van der Waals surface area contributed by atoms with Crippen LogP contribution in [0, 0.1) is 4.77 Å². The largest absolute Gasteiger partial charge is 0.331 e. The van der Waals surface area contributed by atoms with E-state index in [1.165, 1.54) is 24.8 Å². The lowest BCUT2D eigenvalue weighted by atomic mass is 9.62. The molecule has 21 heavy (non-hydrogen) atoms. The number of benzene rings is 1. The molecule has 0 radical (unpaired) electrons. The molecule has 1 spiro atoms. The summed E-state index contributed by atoms with van der Waals surface area (Å²) in [6.07, 6.45) is 6.86. The average molecular weight is 298 g/mol. The van der Waals surface area contributed by atoms with E-state index < -0.39 is 0 Å². The van der Waals surface area contributed by atoms with Gasteiger partial charge in [0.1, 0.15) is 0 Å². The molecule has 1 fully saturated rings. The van der Waals surface area contributed by atoms with E-state index in [9.17, 15) is 4.79 Å². The number of hydrogen-bond acceptors (Lipinski definition) is 2. The van der Waals surface area contributed by atoms with Gasteiger partial charge in [-0.15, -0.1) is 0 Å². The van der Waals surface area contributed by atoms with Gasteiger partial charge in [-0.05, 0) is 37.0 Å². The fourth-order valence-corrected chi connectivity index (χ4v) is 4.42. The van der Waals surface area contributed by atoms with Crippen LogP contribution in [-0.4, -0.2) is 9.97 Å². The van der Waals surface area contributed by atoms with Crippen molar-refractivity contribution in [3.05, 3.63) is 50.5 Å². The standard InChI is InChI=1S/C17H18N2OS/c20-15-13-14(18-16(21)19-15)12-7-3-2-6-11(12)10-17(13)8-4-1-5-9-17/h2-3,6-7H,1,4-5,8-10H2,(H2,18,19,20,21). The highest BCUT2D eigenvalue weighted by Gasteiger charge is 2.42. The van der Waals surface area contributed by atoms with Crippen molar-refractivity contribution in [2.75, 3.05) is 0 Å². The molecule has 0 atom stereocenters. The van der Waals surface area contributed by atoms with Crippen molar-refractivity contribution < 1.29 is 0 Å². The Balaban J connectivity index is 2.06. The number of hydrogen-bond donors (Lipinski definition) is 2. The smallest absolute Gasteiger partial charge is 0.256 e. The lowest BCUT2D eigenvalue weighted by Crippen LogP contribution is -2.40. The molecule has 1 heterocycles. The molecule has 2 aromatic rings. The Morgan fingerprint density at radius 3 is 2.62 bits per heavy atom. The average Bonchev–Trinajstić information content (AvgIpc) is 2.47. The van der Waals surface area contributed by atoms with Gasteiger partial charge in [-0.3, -0.25) is 9.78 Å². The van der Waals surface area contributed by atoms with Crippen LogP contribution in [0.15, 0.2) is 29.1 Å². The summed E-state index contributed by atoms with van der Waals surface area (Å²) in [4.78, 5) is 18.7. The second-order valence-electron chi connectivity index (χ2n) is 6.33. The predicted octanol–water partition coefficient (Wildman–Crippen LogP) is 3.86. The second kappa shape index (κ2) is 4.67. The van der Waals surface area contributed by atoms with Crippen LogP contribution in [0.4, 0.5) is 0 Å². The van der Waals surface area contributed by atoms with Crippen LogP contribution in [0.2, 0.25) is 0 Å². The van der Waals surface area contributed by atoms with Crippen molar-refractivity contribution in [2.45, 2.75) is 43.9 Å². The topological polar surface area (TPSA) is 48.6 Å². The zero-order valence-corrected chi connectivity index (χ0v) is 12.7. The highest BCUT2D eigenvalue weighted by atomic mass is 32.1. The van der Waals surface area contributed by atoms with Crippen LogP contribution >= 0.6 is 12.2 Å². The highest BCUT2D eigenvalue weighted by Crippen LogP contribution is 2.48. The van der Waals surface area contributed by atoms with E-state index in [4.69, 9.17) is 12.2 Å². The monoisotopic (exact) mass is 298 g/mol. The minimum atomic E-state index is -0.00491. The van der Waals surface area contributed by atoms with Gasteiger partial charge in [0, 0.05) is 16.5 Å². The third-order valence-electron chi connectivity index (χ3n) is 5.10. The molecule has 1 aromatic carbocycles. The summed E-state index contributed by atoms with van der Waals surface area (Å²) >= 11 is 5.19. The van der Waals surface area contributed by atoms with E-state index in [-0.39, 0.29) is 11.0 Å². The first-order chi connectivity index (χ1) is 10.2. The van der Waals surface area contributed by atoms with Crippen LogP contribution in [0.3, 0.4) is 0 Å². The van der Waals surface area contributed by atoms with E-state index in [0.717, 1.165) is 36.1 Å². The summed E-state index contributed by atoms with van der Waals surface area (Å²) in [5, 5.41) is 0. The minimum absolute atomic E-state index is 0.00477. The molecular formula is C17H18N2OS. The van der Waals surface area contributed by atoms with Gasteiger partial charge in [0.15, 0.2) is 4.77 Å². The normalized spacial score (nSPS) is 19.0. The summed E-state index contributed by atoms with van der Waals surface area (Å²) in [6.45, 7) is 0. The highest BCUT2D eigenvalue weighted by molar-refractivity contribution is 7.71. The maximum absolute atomic E-state index is 12.6. The molecule has 2 N–H and O–H groups in total. The fraction of sp³-hybridized carbons (Fsp3) is 0.412. The molecule has 0 bridgehead atoms. The van der Waals surface area contributed by atoms with Gasteiger partial charge in [-0.25, -0.2) is 0 Å². The third-order valence-corrected chi connectivity index (χ3v) is 5.30. The second-order valence-corrected chi connectivity index (χ2v) is 6.74. The van der Waals surface area contributed by atoms with Crippen molar-refractivity contribution in [3.8, 4) is 11.3 Å². The van der Waals surface area contributed by atoms with Gasteiger partial charge < -0.3 is 4.98 Å². The van der Waals surface area contributed by atoms with Crippen LogP contribution in [0.25, 0.3) is 11.3 Å². The Labute approximate surface area is 128 Å². The van der Waals surface area contributed by atoms with Crippen molar-refractivity contribution in [3.63, 3.8) is 0 Å². The zero-order chi connectivity index (χ0) is 14.4. The zero-order valence-electron chi connectivity index (χ0n) is 11.9. The van der Waals surface area contributed by atoms with Crippen molar-refractivity contribution >= 4 is 12.2 Å². The molecule has 0 unspecified atom stereocenters. The first-order valence-electron chi connectivity index (χ1n) is 7.65. The quantitative estimate of drug-likeness (QED) is 0.726. The van der Waals surface area contributed by atoms with E-state index in [0.29, 0.717) is 4.77 Å². The van der Waals surface area contributed by atoms with Crippen molar-refractivity contribution in [1.29, 1.82) is 0 Å². The Kier molecular flexibility index (Phi) is 2.89. The van der Waals surface area contributed by atoms with Gasteiger partial charge in [0.2, 0.25) is 0 Å². The summed E-state index contributed by atoms with van der Waals surface area (Å²) in [7, 11) is 0. The summed E-state index contributed by atoms with van der Waals surface area (Å²) in [5.74, 6) is 0. The fourth-order valence-electron chi connectivity index (χ4n) is 4.22. The summed E-state index contributed by atoms with van der Waals surface area (Å²) in [5.41, 5.74) is 4.37. The summed E-state index contributed by atoms with van der Waals surface area (Å²) < 4.78 is 0.418. The molecule has 1 aromatic heterocycles. The van der Waals surface area contributed by atoms with Crippen molar-refractivity contribution in [2.24, 2.45) is 0 Å². The molecule has 3 nitrogen and oxygen atoms in total. The van der Waals surface area contributed by atoms with Crippen LogP contribution < -0.4 is 5.56 Å². The van der Waals surface area contributed by atoms with E-state index >= 15 is 0 Å². The molecule has 108 valence electrons. The van der Waals surface area contributed by atoms with Crippen LogP contribution in [0.5, 0.6) is 0 Å². The van der Waals surface area contributed by atoms with E-state index in [2.05, 4.69) is 28.2 Å². The molecule has 4 heteroatoms. The molecule has 1 saturated carbocycles. The van der Waals surface area contributed by atoms with Gasteiger partial charge in [-0.2, -0.15) is 0 Å². The van der Waals surface area contributed by atoms with Gasteiger partial charge >= 0.3 is 0 Å². The Morgan fingerprint density at radius 2 is 1.81 bits per heavy atom. The lowest BCUT2D eigenvalue weighted by molar-refractivity contribution is 0.285. The number of nitrogens with one attached hydrogen (secondary N) is 2. The van der Waals surface area contributed by atoms with Gasteiger partial charge in [0.25, 0.3) is 5.56 Å². The van der Waals surface area contributed by atoms with E-state index in [1.807, 2.05) is 6.07 Å². The number of fused-ring (bicyclic) bond motifs is 4. The lowest BCUT2D eigenvalue weighted by Gasteiger charge is -2.41. The number of aromatic nitrogens is 2. The van der Waals surface area contributed by atoms with Crippen LogP contribution in [-0.2, 0) is 11.8 Å². The Bertz CT molecular complexity index is 812. The number of aromatic amines is 2. The predicted molar refractivity (Wildman–Crippen MR) is 86.2 cm³/mol. The molecule has 2 aliphatic rings. The van der Waals surface area contributed by atoms with Crippen LogP contribution in [0.1, 0.15) is 43.2 Å². The van der Waals surface area contributed by atoms with Crippen molar-refractivity contribution in [1.82, 2.24) is 9.97 Å². The van der Waals surface area contributed by atoms with Gasteiger partial charge in [0.05, 0.1) is 5.69 Å². The number of H-pyrrole nitrogens is 2. The van der Waals surface area contributed by atoms with E-state index in [1.54, 1.807) is 0 Å². The Hall–Kier alpha value is -1.68. The number of rotatable bonds is 0. The maximum atomic E-state index is 12.6. The maximum Gasteiger partial charge on any atom is 0.256 e.